The van der Waals surface area contributed by atoms with Gasteiger partial charge in [0, 0.05) is 25.0 Å². The zero-order chi connectivity index (χ0) is 19.7. The maximum absolute atomic E-state index is 14.0. The van der Waals surface area contributed by atoms with Crippen LogP contribution in [-0.4, -0.2) is 40.0 Å². The SMILES string of the molecule is Cc1ccc(F)c(-n2nnc(C(C)Oc3nnc(-c4ccncc4)n3C)n2)c1. The zero-order valence-electron chi connectivity index (χ0n) is 15.5. The maximum Gasteiger partial charge on any atom is 0.317 e. The van der Waals surface area contributed by atoms with E-state index in [0.29, 0.717) is 17.7 Å². The van der Waals surface area contributed by atoms with Crippen LogP contribution < -0.4 is 4.74 Å². The monoisotopic (exact) mass is 380 g/mol. The van der Waals surface area contributed by atoms with Gasteiger partial charge in [0.2, 0.25) is 5.82 Å². The van der Waals surface area contributed by atoms with Crippen molar-refractivity contribution in [3.63, 3.8) is 0 Å². The molecule has 142 valence electrons. The van der Waals surface area contributed by atoms with Crippen LogP contribution in [0.15, 0.2) is 42.7 Å². The number of hydrogen-bond acceptors (Lipinski definition) is 7. The first kappa shape index (κ1) is 17.7. The zero-order valence-corrected chi connectivity index (χ0v) is 15.5. The molecule has 9 nitrogen and oxygen atoms in total. The number of aryl methyl sites for hydroxylation is 1. The molecule has 28 heavy (non-hydrogen) atoms. The van der Waals surface area contributed by atoms with Crippen LogP contribution in [-0.2, 0) is 7.05 Å². The Morgan fingerprint density at radius 2 is 1.86 bits per heavy atom. The van der Waals surface area contributed by atoms with E-state index in [4.69, 9.17) is 4.74 Å². The van der Waals surface area contributed by atoms with Gasteiger partial charge in [-0.1, -0.05) is 11.2 Å². The quantitative estimate of drug-likeness (QED) is 0.525. The van der Waals surface area contributed by atoms with Crippen molar-refractivity contribution >= 4 is 0 Å². The third-order valence-corrected chi connectivity index (χ3v) is 4.17. The summed E-state index contributed by atoms with van der Waals surface area (Å²) in [6, 6.07) is 8.67. The first-order chi connectivity index (χ1) is 13.5. The Bertz CT molecular complexity index is 1110. The number of nitrogens with zero attached hydrogens (tertiary/aromatic N) is 8. The molecule has 0 aliphatic heterocycles. The van der Waals surface area contributed by atoms with Crippen molar-refractivity contribution in [2.75, 3.05) is 0 Å². The molecule has 0 amide bonds. The molecule has 0 fully saturated rings. The first-order valence-electron chi connectivity index (χ1n) is 8.56. The predicted octanol–water partition coefficient (Wildman–Crippen LogP) is 2.44. The number of halogens is 1. The molecule has 0 spiro atoms. The molecule has 0 saturated carbocycles. The molecule has 0 radical (unpaired) electrons. The molecule has 1 unspecified atom stereocenters. The van der Waals surface area contributed by atoms with Crippen molar-refractivity contribution in [3.8, 4) is 23.1 Å². The summed E-state index contributed by atoms with van der Waals surface area (Å²) >= 11 is 0. The Morgan fingerprint density at radius 3 is 2.64 bits per heavy atom. The Morgan fingerprint density at radius 1 is 1.07 bits per heavy atom. The highest BCUT2D eigenvalue weighted by molar-refractivity contribution is 5.54. The van der Waals surface area contributed by atoms with Crippen LogP contribution in [0.2, 0.25) is 0 Å². The van der Waals surface area contributed by atoms with Crippen LogP contribution in [0.3, 0.4) is 0 Å². The van der Waals surface area contributed by atoms with Gasteiger partial charge < -0.3 is 4.74 Å². The van der Waals surface area contributed by atoms with Crippen molar-refractivity contribution in [2.24, 2.45) is 7.05 Å². The van der Waals surface area contributed by atoms with Gasteiger partial charge in [0.05, 0.1) is 0 Å². The number of ether oxygens (including phenoxy) is 1. The Balaban J connectivity index is 1.55. The molecular weight excluding hydrogens is 363 g/mol. The molecule has 10 heteroatoms. The molecule has 4 aromatic rings. The highest BCUT2D eigenvalue weighted by atomic mass is 19.1. The summed E-state index contributed by atoms with van der Waals surface area (Å²) < 4.78 is 21.6. The number of tetrazole rings is 1. The molecule has 1 atom stereocenters. The van der Waals surface area contributed by atoms with Gasteiger partial charge in [0.15, 0.2) is 17.7 Å². The van der Waals surface area contributed by atoms with Gasteiger partial charge in [0.25, 0.3) is 0 Å². The van der Waals surface area contributed by atoms with Crippen molar-refractivity contribution in [3.05, 3.63) is 59.9 Å². The molecular formula is C18H17FN8O. The fourth-order valence-electron chi connectivity index (χ4n) is 2.65. The summed E-state index contributed by atoms with van der Waals surface area (Å²) in [5.41, 5.74) is 1.98. The number of rotatable bonds is 5. The van der Waals surface area contributed by atoms with Gasteiger partial charge in [-0.15, -0.1) is 20.1 Å². The molecule has 0 saturated heterocycles. The predicted molar refractivity (Wildman–Crippen MR) is 97.1 cm³/mol. The van der Waals surface area contributed by atoms with E-state index in [9.17, 15) is 4.39 Å². The topological polar surface area (TPSA) is 96.4 Å². The average molecular weight is 380 g/mol. The van der Waals surface area contributed by atoms with E-state index in [1.807, 2.05) is 19.1 Å². The maximum atomic E-state index is 14.0. The lowest BCUT2D eigenvalue weighted by Crippen LogP contribution is -2.10. The summed E-state index contributed by atoms with van der Waals surface area (Å²) in [4.78, 5) is 5.14. The van der Waals surface area contributed by atoms with E-state index in [2.05, 4.69) is 30.6 Å². The molecule has 3 heterocycles. The normalized spacial score (nSPS) is 12.1. The van der Waals surface area contributed by atoms with Crippen molar-refractivity contribution in [1.82, 2.24) is 40.0 Å². The van der Waals surface area contributed by atoms with Crippen LogP contribution in [0, 0.1) is 12.7 Å². The fraction of sp³-hybridized carbons (Fsp3) is 0.222. The standard InChI is InChI=1S/C18H17FN8O/c1-11-4-5-14(19)15(10-11)27-24-16(21-25-27)12(2)28-18-23-22-17(26(18)3)13-6-8-20-9-7-13/h4-10,12H,1-3H3. The minimum absolute atomic E-state index is 0.226. The minimum atomic E-state index is -0.560. The number of benzene rings is 1. The summed E-state index contributed by atoms with van der Waals surface area (Å²) in [7, 11) is 1.80. The molecule has 1 aromatic carbocycles. The van der Waals surface area contributed by atoms with Gasteiger partial charge in [-0.2, -0.15) is 0 Å². The summed E-state index contributed by atoms with van der Waals surface area (Å²) in [6.07, 6.45) is 2.80. The summed E-state index contributed by atoms with van der Waals surface area (Å²) in [6.45, 7) is 3.62. The van der Waals surface area contributed by atoms with Crippen LogP contribution in [0.1, 0.15) is 24.4 Å². The first-order valence-corrected chi connectivity index (χ1v) is 8.56. The number of hydrogen-bond donors (Lipinski definition) is 0. The second-order valence-corrected chi connectivity index (χ2v) is 6.25. The van der Waals surface area contributed by atoms with E-state index in [-0.39, 0.29) is 5.69 Å². The molecule has 4 rings (SSSR count). The van der Waals surface area contributed by atoms with E-state index in [1.54, 1.807) is 43.1 Å². The van der Waals surface area contributed by atoms with Gasteiger partial charge >= 0.3 is 6.01 Å². The minimum Gasteiger partial charge on any atom is -0.452 e. The van der Waals surface area contributed by atoms with Crippen LogP contribution in [0.5, 0.6) is 6.01 Å². The largest absolute Gasteiger partial charge is 0.452 e. The third kappa shape index (κ3) is 3.31. The highest BCUT2D eigenvalue weighted by Crippen LogP contribution is 2.23. The molecule has 0 N–H and O–H groups in total. The number of pyridine rings is 1. The van der Waals surface area contributed by atoms with E-state index in [0.717, 1.165) is 15.9 Å². The van der Waals surface area contributed by atoms with Crippen LogP contribution in [0.25, 0.3) is 17.1 Å². The summed E-state index contributed by atoms with van der Waals surface area (Å²) in [5.74, 6) is 0.510. The van der Waals surface area contributed by atoms with Gasteiger partial charge in [0.1, 0.15) is 5.69 Å². The van der Waals surface area contributed by atoms with Gasteiger partial charge in [-0.05, 0) is 48.9 Å². The van der Waals surface area contributed by atoms with Gasteiger partial charge in [-0.25, -0.2) is 4.39 Å². The number of aromatic nitrogens is 8. The molecule has 0 aliphatic carbocycles. The van der Waals surface area contributed by atoms with Crippen molar-refractivity contribution in [2.45, 2.75) is 20.0 Å². The van der Waals surface area contributed by atoms with Crippen LogP contribution >= 0.6 is 0 Å². The lowest BCUT2D eigenvalue weighted by Gasteiger charge is -2.10. The van der Waals surface area contributed by atoms with Crippen LogP contribution in [0.4, 0.5) is 4.39 Å². The smallest absolute Gasteiger partial charge is 0.317 e. The Labute approximate surface area is 159 Å². The lowest BCUT2D eigenvalue weighted by atomic mass is 10.2. The Hall–Kier alpha value is -3.69. The van der Waals surface area contributed by atoms with E-state index < -0.39 is 11.9 Å². The van der Waals surface area contributed by atoms with E-state index in [1.165, 1.54) is 6.07 Å². The second-order valence-electron chi connectivity index (χ2n) is 6.25. The van der Waals surface area contributed by atoms with Crippen molar-refractivity contribution in [1.29, 1.82) is 0 Å². The second kappa shape index (κ2) is 7.14. The molecule has 0 aliphatic rings. The average Bonchev–Trinajstić information content (AvgIpc) is 3.32. The van der Waals surface area contributed by atoms with Gasteiger partial charge in [-0.3, -0.25) is 9.55 Å². The highest BCUT2D eigenvalue weighted by Gasteiger charge is 2.20. The van der Waals surface area contributed by atoms with Crippen molar-refractivity contribution < 1.29 is 9.13 Å². The fourth-order valence-corrected chi connectivity index (χ4v) is 2.65. The van der Waals surface area contributed by atoms with E-state index >= 15 is 0 Å². The molecule has 3 aromatic heterocycles. The molecule has 0 bridgehead atoms. The Kier molecular flexibility index (Phi) is 4.52. The lowest BCUT2D eigenvalue weighted by molar-refractivity contribution is 0.190. The summed E-state index contributed by atoms with van der Waals surface area (Å²) in [5, 5.41) is 20.4. The third-order valence-electron chi connectivity index (χ3n) is 4.17.